The Morgan fingerprint density at radius 3 is 2.21 bits per heavy atom. The first-order valence-electron chi connectivity index (χ1n) is 9.50. The second-order valence-corrected chi connectivity index (χ2v) is 7.34. The molecule has 1 aliphatic rings. The van der Waals surface area contributed by atoms with E-state index in [4.69, 9.17) is 4.74 Å². The van der Waals surface area contributed by atoms with Gasteiger partial charge in [-0.2, -0.15) is 0 Å². The highest BCUT2D eigenvalue weighted by Crippen LogP contribution is 2.34. The van der Waals surface area contributed by atoms with E-state index in [1.165, 1.54) is 5.56 Å². The second-order valence-electron chi connectivity index (χ2n) is 7.34. The Morgan fingerprint density at radius 2 is 1.61 bits per heavy atom. The minimum Gasteiger partial charge on any atom is -0.381 e. The Balaban J connectivity index is 1.62. The van der Waals surface area contributed by atoms with Crippen LogP contribution in [0.2, 0.25) is 0 Å². The molecule has 1 fully saturated rings. The van der Waals surface area contributed by atoms with Gasteiger partial charge in [0.05, 0.1) is 0 Å². The average Bonchev–Trinajstić information content (AvgIpc) is 2.73. The molecule has 2 amide bonds. The standard InChI is InChI=1S/C22H27N3O3/c1-25(2)19-10-8-18(9-11-19)24-21(27)20(26)23-16-22(12-14-28-15-13-22)17-6-4-3-5-7-17/h3-11H,12-16H2,1-2H3,(H,23,26)(H,24,27). The summed E-state index contributed by atoms with van der Waals surface area (Å²) < 4.78 is 5.51. The van der Waals surface area contributed by atoms with E-state index in [9.17, 15) is 9.59 Å². The molecule has 0 unspecified atom stereocenters. The minimum absolute atomic E-state index is 0.206. The fraction of sp³-hybridized carbons (Fsp3) is 0.364. The van der Waals surface area contributed by atoms with Crippen molar-refractivity contribution in [3.63, 3.8) is 0 Å². The lowest BCUT2D eigenvalue weighted by atomic mass is 9.74. The van der Waals surface area contributed by atoms with Crippen LogP contribution in [0.1, 0.15) is 18.4 Å². The summed E-state index contributed by atoms with van der Waals surface area (Å²) >= 11 is 0. The molecule has 1 saturated heterocycles. The van der Waals surface area contributed by atoms with Crippen molar-refractivity contribution in [2.75, 3.05) is 44.1 Å². The largest absolute Gasteiger partial charge is 0.381 e. The van der Waals surface area contributed by atoms with E-state index < -0.39 is 11.8 Å². The van der Waals surface area contributed by atoms with Gasteiger partial charge in [-0.15, -0.1) is 0 Å². The Kier molecular flexibility index (Phi) is 6.31. The van der Waals surface area contributed by atoms with Crippen LogP contribution in [0.4, 0.5) is 11.4 Å². The molecule has 6 nitrogen and oxygen atoms in total. The topological polar surface area (TPSA) is 70.7 Å². The lowest BCUT2D eigenvalue weighted by molar-refractivity contribution is -0.136. The fourth-order valence-electron chi connectivity index (χ4n) is 3.48. The van der Waals surface area contributed by atoms with E-state index in [0.29, 0.717) is 25.4 Å². The zero-order chi connectivity index (χ0) is 20.0. The number of carbonyl (C=O) groups excluding carboxylic acids is 2. The molecule has 1 heterocycles. The van der Waals surface area contributed by atoms with Crippen molar-refractivity contribution in [3.05, 3.63) is 60.2 Å². The lowest BCUT2D eigenvalue weighted by Gasteiger charge is -2.37. The third-order valence-electron chi connectivity index (χ3n) is 5.27. The molecule has 0 saturated carbocycles. The first-order chi connectivity index (χ1) is 13.5. The quantitative estimate of drug-likeness (QED) is 0.781. The van der Waals surface area contributed by atoms with Crippen LogP contribution in [-0.2, 0) is 19.7 Å². The summed E-state index contributed by atoms with van der Waals surface area (Å²) in [6.45, 7) is 1.70. The van der Waals surface area contributed by atoms with E-state index in [1.807, 2.05) is 49.3 Å². The number of ether oxygens (including phenoxy) is 1. The minimum atomic E-state index is -0.659. The van der Waals surface area contributed by atoms with Gasteiger partial charge in [0.15, 0.2) is 0 Å². The van der Waals surface area contributed by atoms with Gasteiger partial charge in [0.2, 0.25) is 0 Å². The maximum Gasteiger partial charge on any atom is 0.313 e. The number of hydrogen-bond donors (Lipinski definition) is 2. The molecular formula is C22H27N3O3. The van der Waals surface area contributed by atoms with Gasteiger partial charge in [-0.25, -0.2) is 0 Å². The number of nitrogens with one attached hydrogen (secondary N) is 2. The summed E-state index contributed by atoms with van der Waals surface area (Å²) in [6.07, 6.45) is 1.62. The van der Waals surface area contributed by atoms with Crippen LogP contribution in [0.3, 0.4) is 0 Å². The third-order valence-corrected chi connectivity index (χ3v) is 5.27. The van der Waals surface area contributed by atoms with Gasteiger partial charge in [0, 0.05) is 50.6 Å². The van der Waals surface area contributed by atoms with E-state index in [2.05, 4.69) is 22.8 Å². The highest BCUT2D eigenvalue weighted by atomic mass is 16.5. The van der Waals surface area contributed by atoms with Crippen molar-refractivity contribution in [2.24, 2.45) is 0 Å². The zero-order valence-electron chi connectivity index (χ0n) is 16.4. The van der Waals surface area contributed by atoms with Crippen LogP contribution < -0.4 is 15.5 Å². The number of carbonyl (C=O) groups is 2. The van der Waals surface area contributed by atoms with E-state index in [-0.39, 0.29) is 5.41 Å². The summed E-state index contributed by atoms with van der Waals surface area (Å²) in [5.74, 6) is -1.29. The normalized spacial score (nSPS) is 15.5. The number of hydrogen-bond acceptors (Lipinski definition) is 4. The van der Waals surface area contributed by atoms with E-state index in [0.717, 1.165) is 18.5 Å². The van der Waals surface area contributed by atoms with Gasteiger partial charge >= 0.3 is 11.8 Å². The molecule has 2 N–H and O–H groups in total. The molecule has 0 atom stereocenters. The number of nitrogens with zero attached hydrogens (tertiary/aromatic N) is 1. The number of benzene rings is 2. The van der Waals surface area contributed by atoms with Crippen LogP contribution in [-0.4, -0.2) is 45.7 Å². The fourth-order valence-corrected chi connectivity index (χ4v) is 3.48. The van der Waals surface area contributed by atoms with Gasteiger partial charge in [-0.1, -0.05) is 30.3 Å². The molecule has 3 rings (SSSR count). The van der Waals surface area contributed by atoms with E-state index >= 15 is 0 Å². The van der Waals surface area contributed by atoms with Crippen molar-refractivity contribution in [3.8, 4) is 0 Å². The molecule has 0 spiro atoms. The molecule has 2 aromatic carbocycles. The van der Waals surface area contributed by atoms with Crippen molar-refractivity contribution in [1.29, 1.82) is 0 Å². The maximum absolute atomic E-state index is 12.4. The summed E-state index contributed by atoms with van der Waals surface area (Å²) in [7, 11) is 3.89. The Hall–Kier alpha value is -2.86. The number of rotatable bonds is 5. The van der Waals surface area contributed by atoms with Gasteiger partial charge < -0.3 is 20.3 Å². The molecule has 0 aromatic heterocycles. The summed E-state index contributed by atoms with van der Waals surface area (Å²) in [5, 5.41) is 5.48. The molecule has 2 aromatic rings. The Bertz CT molecular complexity index is 798. The van der Waals surface area contributed by atoms with Gasteiger partial charge in [-0.3, -0.25) is 9.59 Å². The predicted octanol–water partition coefficient (Wildman–Crippen LogP) is 2.56. The number of anilines is 2. The van der Waals surface area contributed by atoms with Crippen molar-refractivity contribution in [2.45, 2.75) is 18.3 Å². The van der Waals surface area contributed by atoms with Crippen LogP contribution in [0.5, 0.6) is 0 Å². The van der Waals surface area contributed by atoms with Crippen LogP contribution >= 0.6 is 0 Å². The number of amides is 2. The third kappa shape index (κ3) is 4.70. The van der Waals surface area contributed by atoms with Gasteiger partial charge in [-0.05, 0) is 42.7 Å². The zero-order valence-corrected chi connectivity index (χ0v) is 16.4. The maximum atomic E-state index is 12.4. The van der Waals surface area contributed by atoms with Crippen LogP contribution in [0, 0.1) is 0 Å². The van der Waals surface area contributed by atoms with Crippen LogP contribution in [0.25, 0.3) is 0 Å². The molecule has 28 heavy (non-hydrogen) atoms. The highest BCUT2D eigenvalue weighted by molar-refractivity contribution is 6.39. The highest BCUT2D eigenvalue weighted by Gasteiger charge is 2.35. The predicted molar refractivity (Wildman–Crippen MR) is 111 cm³/mol. The Labute approximate surface area is 165 Å². The second kappa shape index (κ2) is 8.89. The first kappa shape index (κ1) is 19.9. The smallest absolute Gasteiger partial charge is 0.313 e. The molecule has 148 valence electrons. The average molecular weight is 381 g/mol. The molecule has 0 bridgehead atoms. The summed E-state index contributed by atoms with van der Waals surface area (Å²) in [4.78, 5) is 26.6. The van der Waals surface area contributed by atoms with Gasteiger partial charge in [0.1, 0.15) is 0 Å². The molecule has 1 aliphatic heterocycles. The SMILES string of the molecule is CN(C)c1ccc(NC(=O)C(=O)NCC2(c3ccccc3)CCOCC2)cc1. The molecule has 0 aliphatic carbocycles. The monoisotopic (exact) mass is 381 g/mol. The molecule has 6 heteroatoms. The van der Waals surface area contributed by atoms with Crippen molar-refractivity contribution < 1.29 is 14.3 Å². The molecular weight excluding hydrogens is 354 g/mol. The van der Waals surface area contributed by atoms with Crippen molar-refractivity contribution in [1.82, 2.24) is 5.32 Å². The Morgan fingerprint density at radius 1 is 0.964 bits per heavy atom. The summed E-state index contributed by atoms with van der Waals surface area (Å²) in [5.41, 5.74) is 2.57. The van der Waals surface area contributed by atoms with Gasteiger partial charge in [0.25, 0.3) is 0 Å². The van der Waals surface area contributed by atoms with Crippen LogP contribution in [0.15, 0.2) is 54.6 Å². The summed E-state index contributed by atoms with van der Waals surface area (Å²) in [6, 6.07) is 17.5. The van der Waals surface area contributed by atoms with Crippen molar-refractivity contribution >= 4 is 23.2 Å². The lowest BCUT2D eigenvalue weighted by Crippen LogP contribution is -2.47. The first-order valence-corrected chi connectivity index (χ1v) is 9.50. The molecule has 0 radical (unpaired) electrons. The van der Waals surface area contributed by atoms with E-state index in [1.54, 1.807) is 12.1 Å².